The van der Waals surface area contributed by atoms with E-state index in [9.17, 15) is 4.79 Å². The zero-order valence-electron chi connectivity index (χ0n) is 18.9. The highest BCUT2D eigenvalue weighted by Gasteiger charge is 2.30. The lowest BCUT2D eigenvalue weighted by molar-refractivity contribution is 0.207. The smallest absolute Gasteiger partial charge is 0.317 e. The van der Waals surface area contributed by atoms with Crippen LogP contribution in [0.2, 0.25) is 0 Å². The summed E-state index contributed by atoms with van der Waals surface area (Å²) < 4.78 is 7.49. The lowest BCUT2D eigenvalue weighted by atomic mass is 10.1. The first kappa shape index (κ1) is 21.0. The van der Waals surface area contributed by atoms with Crippen LogP contribution in [0.25, 0.3) is 22.6 Å². The Bertz CT molecular complexity index is 1260. The first-order chi connectivity index (χ1) is 16.1. The third kappa shape index (κ3) is 4.26. The van der Waals surface area contributed by atoms with E-state index in [1.807, 2.05) is 53.4 Å². The molecule has 0 saturated carbocycles. The number of carbonyl (C=O) groups is 1. The average molecular weight is 442 g/mol. The standard InChI is InChI=1S/C26H27N5O2/c1-18-5-7-19(8-6-18)16-28-26(32)30-15-13-21(17-30)31-24(20-9-11-22(33-2)12-10-20)29-23-4-3-14-27-25(23)31/h3-12,14,21H,13,15-17H2,1-2H3,(H,28,32)/t21-/m0/s1. The number of methoxy groups -OCH3 is 1. The van der Waals surface area contributed by atoms with E-state index in [1.54, 1.807) is 13.3 Å². The van der Waals surface area contributed by atoms with E-state index in [2.05, 4.69) is 33.9 Å². The second-order valence-corrected chi connectivity index (χ2v) is 8.41. The Morgan fingerprint density at radius 3 is 2.67 bits per heavy atom. The van der Waals surface area contributed by atoms with Crippen molar-refractivity contribution in [2.24, 2.45) is 0 Å². The van der Waals surface area contributed by atoms with E-state index >= 15 is 0 Å². The van der Waals surface area contributed by atoms with E-state index in [1.165, 1.54) is 5.56 Å². The van der Waals surface area contributed by atoms with Gasteiger partial charge in [0.25, 0.3) is 0 Å². The number of benzene rings is 2. The minimum absolute atomic E-state index is 0.0403. The summed E-state index contributed by atoms with van der Waals surface area (Å²) in [4.78, 5) is 24.2. The summed E-state index contributed by atoms with van der Waals surface area (Å²) in [6.07, 6.45) is 2.64. The van der Waals surface area contributed by atoms with Crippen LogP contribution in [0.1, 0.15) is 23.6 Å². The van der Waals surface area contributed by atoms with Crippen molar-refractivity contribution in [3.05, 3.63) is 78.0 Å². The molecule has 0 aliphatic carbocycles. The summed E-state index contributed by atoms with van der Waals surface area (Å²) in [5, 5.41) is 3.05. The predicted molar refractivity (Wildman–Crippen MR) is 128 cm³/mol. The van der Waals surface area contributed by atoms with Crippen molar-refractivity contribution >= 4 is 17.2 Å². The molecule has 1 N–H and O–H groups in total. The van der Waals surface area contributed by atoms with Crippen LogP contribution in [-0.4, -0.2) is 45.7 Å². The Labute approximate surface area is 193 Å². The summed E-state index contributed by atoms with van der Waals surface area (Å²) in [6, 6.07) is 20.1. The minimum atomic E-state index is -0.0403. The number of hydrogen-bond acceptors (Lipinski definition) is 4. The number of amides is 2. The number of nitrogens with one attached hydrogen (secondary N) is 1. The Hall–Kier alpha value is -3.87. The van der Waals surface area contributed by atoms with Crippen LogP contribution >= 0.6 is 0 Å². The van der Waals surface area contributed by atoms with Gasteiger partial charge in [-0.05, 0) is 55.3 Å². The van der Waals surface area contributed by atoms with Crippen LogP contribution in [0.15, 0.2) is 66.9 Å². The van der Waals surface area contributed by atoms with E-state index < -0.39 is 0 Å². The van der Waals surface area contributed by atoms with Gasteiger partial charge in [-0.1, -0.05) is 29.8 Å². The van der Waals surface area contributed by atoms with Crippen LogP contribution in [0.5, 0.6) is 5.75 Å². The summed E-state index contributed by atoms with van der Waals surface area (Å²) in [5.74, 6) is 1.66. The van der Waals surface area contributed by atoms with Gasteiger partial charge in [0, 0.05) is 31.4 Å². The van der Waals surface area contributed by atoms with E-state index in [4.69, 9.17) is 9.72 Å². The number of rotatable bonds is 5. The highest BCUT2D eigenvalue weighted by molar-refractivity contribution is 5.78. The van der Waals surface area contributed by atoms with Crippen LogP contribution < -0.4 is 10.1 Å². The van der Waals surface area contributed by atoms with Crippen LogP contribution in [0, 0.1) is 6.92 Å². The molecule has 2 aromatic carbocycles. The van der Waals surface area contributed by atoms with Gasteiger partial charge in [-0.25, -0.2) is 14.8 Å². The normalized spacial score (nSPS) is 15.7. The van der Waals surface area contributed by atoms with E-state index in [-0.39, 0.29) is 12.1 Å². The van der Waals surface area contributed by atoms with Gasteiger partial charge in [0.2, 0.25) is 0 Å². The fourth-order valence-corrected chi connectivity index (χ4v) is 4.35. The quantitative estimate of drug-likeness (QED) is 0.492. The number of pyridine rings is 1. The van der Waals surface area contributed by atoms with Crippen LogP contribution in [-0.2, 0) is 6.54 Å². The summed E-state index contributed by atoms with van der Waals surface area (Å²) >= 11 is 0. The Balaban J connectivity index is 1.36. The summed E-state index contributed by atoms with van der Waals surface area (Å²) in [7, 11) is 1.66. The van der Waals surface area contributed by atoms with Gasteiger partial charge in [0.15, 0.2) is 5.65 Å². The Morgan fingerprint density at radius 1 is 1.12 bits per heavy atom. The van der Waals surface area contributed by atoms with Gasteiger partial charge < -0.3 is 19.5 Å². The molecule has 5 rings (SSSR count). The van der Waals surface area contributed by atoms with Gasteiger partial charge >= 0.3 is 6.03 Å². The van der Waals surface area contributed by atoms with Crippen molar-refractivity contribution < 1.29 is 9.53 Å². The zero-order chi connectivity index (χ0) is 22.8. The van der Waals surface area contributed by atoms with Crippen molar-refractivity contribution in [2.45, 2.75) is 25.9 Å². The summed E-state index contributed by atoms with van der Waals surface area (Å²) in [6.45, 7) is 3.89. The lowest BCUT2D eigenvalue weighted by Crippen LogP contribution is -2.38. The molecule has 1 aliphatic rings. The molecule has 3 heterocycles. The Kier molecular flexibility index (Phi) is 5.69. The molecule has 7 nitrogen and oxygen atoms in total. The molecule has 0 radical (unpaired) electrons. The molecule has 1 saturated heterocycles. The maximum atomic E-state index is 12.9. The number of aromatic nitrogens is 3. The van der Waals surface area contributed by atoms with Crippen molar-refractivity contribution in [3.63, 3.8) is 0 Å². The molecular weight excluding hydrogens is 414 g/mol. The maximum Gasteiger partial charge on any atom is 0.317 e. The first-order valence-electron chi connectivity index (χ1n) is 11.2. The van der Waals surface area contributed by atoms with Gasteiger partial charge in [-0.2, -0.15) is 0 Å². The molecule has 1 aliphatic heterocycles. The molecule has 4 aromatic rings. The van der Waals surface area contributed by atoms with Crippen molar-refractivity contribution in [1.82, 2.24) is 24.8 Å². The second kappa shape index (κ2) is 8.94. The van der Waals surface area contributed by atoms with Gasteiger partial charge in [0.1, 0.15) is 17.1 Å². The molecule has 1 fully saturated rings. The van der Waals surface area contributed by atoms with E-state index in [0.29, 0.717) is 19.6 Å². The number of urea groups is 1. The number of fused-ring (bicyclic) bond motifs is 1. The largest absolute Gasteiger partial charge is 0.497 e. The molecule has 33 heavy (non-hydrogen) atoms. The second-order valence-electron chi connectivity index (χ2n) is 8.41. The molecule has 0 unspecified atom stereocenters. The fourth-order valence-electron chi connectivity index (χ4n) is 4.35. The number of carbonyl (C=O) groups excluding carboxylic acids is 1. The highest BCUT2D eigenvalue weighted by atomic mass is 16.5. The third-order valence-electron chi connectivity index (χ3n) is 6.18. The number of ether oxygens (including phenoxy) is 1. The monoisotopic (exact) mass is 441 g/mol. The highest BCUT2D eigenvalue weighted by Crippen LogP contribution is 2.32. The van der Waals surface area contributed by atoms with Gasteiger partial charge in [-0.3, -0.25) is 0 Å². The third-order valence-corrected chi connectivity index (χ3v) is 6.18. The molecule has 1 atom stereocenters. The molecule has 0 bridgehead atoms. The number of aryl methyl sites for hydroxylation is 1. The van der Waals surface area contributed by atoms with Crippen molar-refractivity contribution in [3.8, 4) is 17.1 Å². The average Bonchev–Trinajstić information content (AvgIpc) is 3.48. The molecule has 0 spiro atoms. The molecule has 168 valence electrons. The predicted octanol–water partition coefficient (Wildman–Crippen LogP) is 4.57. The number of hydrogen-bond donors (Lipinski definition) is 1. The van der Waals surface area contributed by atoms with Crippen LogP contribution in [0.4, 0.5) is 4.79 Å². The molecule has 7 heteroatoms. The lowest BCUT2D eigenvalue weighted by Gasteiger charge is -2.19. The van der Waals surface area contributed by atoms with Gasteiger partial charge in [0.05, 0.1) is 13.2 Å². The number of likely N-dealkylation sites (tertiary alicyclic amines) is 1. The first-order valence-corrected chi connectivity index (χ1v) is 11.2. The number of imidazole rings is 1. The fraction of sp³-hybridized carbons (Fsp3) is 0.269. The molecule has 2 aromatic heterocycles. The Morgan fingerprint density at radius 2 is 1.91 bits per heavy atom. The zero-order valence-corrected chi connectivity index (χ0v) is 18.9. The van der Waals surface area contributed by atoms with Crippen LogP contribution in [0.3, 0.4) is 0 Å². The minimum Gasteiger partial charge on any atom is -0.497 e. The molecular formula is C26H27N5O2. The summed E-state index contributed by atoms with van der Waals surface area (Å²) in [5.41, 5.74) is 4.99. The van der Waals surface area contributed by atoms with Crippen molar-refractivity contribution in [1.29, 1.82) is 0 Å². The maximum absolute atomic E-state index is 12.9. The van der Waals surface area contributed by atoms with E-state index in [0.717, 1.165) is 40.3 Å². The molecule has 2 amide bonds. The number of nitrogens with zero attached hydrogens (tertiary/aromatic N) is 4. The van der Waals surface area contributed by atoms with Gasteiger partial charge in [-0.15, -0.1) is 0 Å². The topological polar surface area (TPSA) is 72.3 Å². The SMILES string of the molecule is COc1ccc(-c2nc3cccnc3n2[C@H]2CCN(C(=O)NCc3ccc(C)cc3)C2)cc1. The van der Waals surface area contributed by atoms with Crippen molar-refractivity contribution in [2.75, 3.05) is 20.2 Å².